The molecule has 5 heterocycles. The standard InChI is InChI=1S/C29H27FN4O2/c1-35-24-8-9-26-25(16-24)32-28(27-3-2-12-34(26)27)10-13-33(14-11-28)29(19-36-29)22-6-4-20(5-7-22)21-15-23(30)18-31-17-21/h2-9,12,15-18,32H,10-11,13-14,19H2,1H3. The number of piperidine rings is 1. The number of nitrogens with zero attached hydrogens (tertiary/aromatic N) is 3. The van der Waals surface area contributed by atoms with Crippen LogP contribution >= 0.6 is 0 Å². The quantitative estimate of drug-likeness (QED) is 0.401. The average Bonchev–Trinajstić information content (AvgIpc) is 3.56. The van der Waals surface area contributed by atoms with Crippen molar-refractivity contribution in [3.8, 4) is 22.6 Å². The van der Waals surface area contributed by atoms with Crippen LogP contribution in [0.25, 0.3) is 16.8 Å². The van der Waals surface area contributed by atoms with Gasteiger partial charge in [-0.15, -0.1) is 0 Å². The molecule has 1 N–H and O–H groups in total. The van der Waals surface area contributed by atoms with Gasteiger partial charge < -0.3 is 19.4 Å². The van der Waals surface area contributed by atoms with Crippen LogP contribution in [0.1, 0.15) is 24.1 Å². The number of epoxide rings is 1. The fourth-order valence-electron chi connectivity index (χ4n) is 5.98. The SMILES string of the molecule is COc1ccc2c(c1)NC1(CCN(C3(c4ccc(-c5cncc(F)c5)cc4)CO3)CC1)c1cccn1-2. The highest BCUT2D eigenvalue weighted by atomic mass is 19.1. The van der Waals surface area contributed by atoms with Gasteiger partial charge in [0.25, 0.3) is 0 Å². The number of halogens is 1. The molecular weight excluding hydrogens is 455 g/mol. The summed E-state index contributed by atoms with van der Waals surface area (Å²) in [6, 6.07) is 20.3. The van der Waals surface area contributed by atoms with Gasteiger partial charge in [-0.1, -0.05) is 24.3 Å². The van der Waals surface area contributed by atoms with Crippen molar-refractivity contribution >= 4 is 5.69 Å². The molecule has 1 spiro atoms. The number of ether oxygens (including phenoxy) is 2. The van der Waals surface area contributed by atoms with Gasteiger partial charge in [-0.2, -0.15) is 0 Å². The largest absolute Gasteiger partial charge is 0.497 e. The number of benzene rings is 2. The normalized spacial score (nSPS) is 21.9. The molecule has 0 bridgehead atoms. The summed E-state index contributed by atoms with van der Waals surface area (Å²) in [5, 5.41) is 3.89. The lowest BCUT2D eigenvalue weighted by molar-refractivity contribution is 0.0369. The second-order valence-corrected chi connectivity index (χ2v) is 9.88. The number of pyridine rings is 1. The first-order chi connectivity index (χ1) is 17.6. The molecule has 2 saturated heterocycles. The number of aromatic nitrogens is 2. The molecule has 3 aliphatic heterocycles. The summed E-state index contributed by atoms with van der Waals surface area (Å²) in [5.74, 6) is 0.525. The molecule has 1 unspecified atom stereocenters. The van der Waals surface area contributed by atoms with Crippen LogP contribution in [0.3, 0.4) is 0 Å². The maximum atomic E-state index is 13.6. The highest BCUT2D eigenvalue weighted by Crippen LogP contribution is 2.49. The van der Waals surface area contributed by atoms with Gasteiger partial charge in [-0.25, -0.2) is 4.39 Å². The first-order valence-electron chi connectivity index (χ1n) is 12.4. The Morgan fingerprint density at radius 1 is 1.00 bits per heavy atom. The minimum Gasteiger partial charge on any atom is -0.497 e. The zero-order valence-electron chi connectivity index (χ0n) is 20.1. The third kappa shape index (κ3) is 3.27. The van der Waals surface area contributed by atoms with E-state index < -0.39 is 0 Å². The van der Waals surface area contributed by atoms with Crippen LogP contribution in [0, 0.1) is 5.82 Å². The maximum absolute atomic E-state index is 13.6. The van der Waals surface area contributed by atoms with E-state index in [0.717, 1.165) is 59.7 Å². The lowest BCUT2D eigenvalue weighted by Crippen LogP contribution is -2.52. The molecule has 0 radical (unpaired) electrons. The van der Waals surface area contributed by atoms with Crippen molar-refractivity contribution in [3.05, 3.63) is 96.3 Å². The van der Waals surface area contributed by atoms with E-state index in [0.29, 0.717) is 6.61 Å². The summed E-state index contributed by atoms with van der Waals surface area (Å²) in [4.78, 5) is 6.44. The molecule has 7 rings (SSSR count). The molecule has 2 aromatic carbocycles. The summed E-state index contributed by atoms with van der Waals surface area (Å²) >= 11 is 0. The lowest BCUT2D eigenvalue weighted by atomic mass is 9.81. The highest BCUT2D eigenvalue weighted by Gasteiger charge is 2.54. The molecule has 4 aromatic rings. The number of hydrogen-bond donors (Lipinski definition) is 1. The van der Waals surface area contributed by atoms with Gasteiger partial charge in [0.2, 0.25) is 0 Å². The maximum Gasteiger partial charge on any atom is 0.171 e. The Labute approximate surface area is 209 Å². The molecule has 1 atom stereocenters. The summed E-state index contributed by atoms with van der Waals surface area (Å²) < 4.78 is 27.5. The third-order valence-corrected chi connectivity index (χ3v) is 8.00. The van der Waals surface area contributed by atoms with Crippen LogP contribution < -0.4 is 10.1 Å². The monoisotopic (exact) mass is 482 g/mol. The van der Waals surface area contributed by atoms with E-state index >= 15 is 0 Å². The second-order valence-electron chi connectivity index (χ2n) is 9.88. The highest BCUT2D eigenvalue weighted by molar-refractivity contribution is 5.69. The number of likely N-dealkylation sites (tertiary alicyclic amines) is 1. The van der Waals surface area contributed by atoms with Crippen molar-refractivity contribution in [1.82, 2.24) is 14.5 Å². The zero-order valence-corrected chi connectivity index (χ0v) is 20.1. The van der Waals surface area contributed by atoms with Gasteiger partial charge in [0.15, 0.2) is 5.72 Å². The Balaban J connectivity index is 1.13. The minimum atomic E-state index is -0.377. The van der Waals surface area contributed by atoms with E-state index in [9.17, 15) is 4.39 Å². The summed E-state index contributed by atoms with van der Waals surface area (Å²) in [5.41, 5.74) is 5.91. The zero-order chi connectivity index (χ0) is 24.3. The van der Waals surface area contributed by atoms with Crippen molar-refractivity contribution < 1.29 is 13.9 Å². The first-order valence-corrected chi connectivity index (χ1v) is 12.4. The van der Waals surface area contributed by atoms with E-state index in [1.165, 1.54) is 18.0 Å². The lowest BCUT2D eigenvalue weighted by Gasteiger charge is -2.47. The van der Waals surface area contributed by atoms with Crippen LogP contribution in [0.2, 0.25) is 0 Å². The van der Waals surface area contributed by atoms with Crippen LogP contribution in [0.4, 0.5) is 10.1 Å². The number of rotatable bonds is 4. The van der Waals surface area contributed by atoms with Gasteiger partial charge in [0.05, 0.1) is 36.8 Å². The molecule has 6 nitrogen and oxygen atoms in total. The van der Waals surface area contributed by atoms with Crippen molar-refractivity contribution in [1.29, 1.82) is 0 Å². The number of fused-ring (bicyclic) bond motifs is 4. The Kier molecular flexibility index (Phi) is 4.75. The number of anilines is 1. The fourth-order valence-corrected chi connectivity index (χ4v) is 5.98. The van der Waals surface area contributed by atoms with Gasteiger partial charge in [0, 0.05) is 48.4 Å². The molecule has 2 fully saturated rings. The summed E-state index contributed by atoms with van der Waals surface area (Å²) in [6.45, 7) is 2.50. The van der Waals surface area contributed by atoms with E-state index in [2.05, 4.69) is 62.4 Å². The molecule has 0 saturated carbocycles. The molecule has 0 aliphatic carbocycles. The van der Waals surface area contributed by atoms with Crippen molar-refractivity contribution in [2.45, 2.75) is 24.1 Å². The van der Waals surface area contributed by atoms with Gasteiger partial charge >= 0.3 is 0 Å². The Bertz CT molecular complexity index is 1440. The molecule has 0 amide bonds. The topological polar surface area (TPSA) is 54.9 Å². The summed E-state index contributed by atoms with van der Waals surface area (Å²) in [6.07, 6.45) is 6.99. The molecule has 36 heavy (non-hydrogen) atoms. The minimum absolute atomic E-state index is 0.135. The van der Waals surface area contributed by atoms with E-state index in [1.807, 2.05) is 18.2 Å². The van der Waals surface area contributed by atoms with Crippen LogP contribution in [-0.2, 0) is 16.0 Å². The second kappa shape index (κ2) is 7.91. The van der Waals surface area contributed by atoms with E-state index in [-0.39, 0.29) is 17.1 Å². The fraction of sp³-hybridized carbons (Fsp3) is 0.276. The number of hydrogen-bond acceptors (Lipinski definition) is 5. The molecule has 182 valence electrons. The van der Waals surface area contributed by atoms with Crippen molar-refractivity contribution in [3.63, 3.8) is 0 Å². The van der Waals surface area contributed by atoms with Crippen LogP contribution in [-0.4, -0.2) is 41.3 Å². The van der Waals surface area contributed by atoms with Crippen LogP contribution in [0.15, 0.2) is 79.3 Å². The van der Waals surface area contributed by atoms with Gasteiger partial charge in [0.1, 0.15) is 11.6 Å². The summed E-state index contributed by atoms with van der Waals surface area (Å²) in [7, 11) is 1.70. The van der Waals surface area contributed by atoms with Crippen molar-refractivity contribution in [2.24, 2.45) is 0 Å². The van der Waals surface area contributed by atoms with E-state index in [4.69, 9.17) is 9.47 Å². The molecule has 3 aliphatic rings. The number of nitrogens with one attached hydrogen (secondary N) is 1. The molecular formula is C29H27FN4O2. The van der Waals surface area contributed by atoms with Crippen LogP contribution in [0.5, 0.6) is 5.75 Å². The Hall–Kier alpha value is -3.68. The molecule has 7 heteroatoms. The van der Waals surface area contributed by atoms with Gasteiger partial charge in [-0.3, -0.25) is 9.88 Å². The Morgan fingerprint density at radius 2 is 1.81 bits per heavy atom. The van der Waals surface area contributed by atoms with Crippen molar-refractivity contribution in [2.75, 3.05) is 32.1 Å². The van der Waals surface area contributed by atoms with Gasteiger partial charge in [-0.05, 0) is 48.7 Å². The molecule has 2 aromatic heterocycles. The third-order valence-electron chi connectivity index (χ3n) is 8.00. The first kappa shape index (κ1) is 21.6. The predicted octanol–water partition coefficient (Wildman–Crippen LogP) is 5.29. The van der Waals surface area contributed by atoms with E-state index in [1.54, 1.807) is 13.3 Å². The average molecular weight is 483 g/mol. The smallest absolute Gasteiger partial charge is 0.171 e. The Morgan fingerprint density at radius 3 is 2.53 bits per heavy atom. The number of methoxy groups -OCH3 is 1. The predicted molar refractivity (Wildman–Crippen MR) is 136 cm³/mol.